The summed E-state index contributed by atoms with van der Waals surface area (Å²) in [5.74, 6) is 0.0688. The van der Waals surface area contributed by atoms with Crippen LogP contribution in [0, 0.1) is 17.2 Å². The van der Waals surface area contributed by atoms with Crippen LogP contribution in [-0.4, -0.2) is 24.5 Å². The highest BCUT2D eigenvalue weighted by Crippen LogP contribution is 2.23. The fourth-order valence-electron chi connectivity index (χ4n) is 2.80. The normalized spacial score (nSPS) is 24.5. The molecular formula is C16H24N3OS+. The maximum Gasteiger partial charge on any atom is 0.276 e. The fraction of sp³-hybridized carbons (Fsp3) is 0.625. The van der Waals surface area contributed by atoms with E-state index in [0.29, 0.717) is 12.6 Å². The van der Waals surface area contributed by atoms with Crippen LogP contribution in [0.1, 0.15) is 44.5 Å². The molecule has 0 spiro atoms. The molecule has 5 heteroatoms. The van der Waals surface area contributed by atoms with Gasteiger partial charge in [0.15, 0.2) is 6.54 Å². The number of nitrogens with zero attached hydrogens (tertiary/aromatic N) is 1. The Morgan fingerprint density at radius 3 is 3.00 bits per heavy atom. The fourth-order valence-corrected chi connectivity index (χ4v) is 3.72. The van der Waals surface area contributed by atoms with Gasteiger partial charge in [-0.1, -0.05) is 19.9 Å². The van der Waals surface area contributed by atoms with Gasteiger partial charge in [-0.15, -0.1) is 11.3 Å². The van der Waals surface area contributed by atoms with E-state index in [2.05, 4.69) is 28.9 Å². The Kier molecular flexibility index (Phi) is 5.02. The minimum Gasteiger partial charge on any atom is -0.333 e. The van der Waals surface area contributed by atoms with Crippen molar-refractivity contribution in [2.75, 3.05) is 13.1 Å². The number of hydrogen-bond acceptors (Lipinski definition) is 3. The Labute approximate surface area is 130 Å². The number of carbonyl (C=O) groups excluding carboxylic acids is 1. The highest BCUT2D eigenvalue weighted by molar-refractivity contribution is 7.10. The second-order valence-electron chi connectivity index (χ2n) is 6.31. The van der Waals surface area contributed by atoms with Gasteiger partial charge in [0.2, 0.25) is 0 Å². The molecule has 1 aliphatic rings. The van der Waals surface area contributed by atoms with Crippen molar-refractivity contribution in [3.05, 3.63) is 22.4 Å². The summed E-state index contributed by atoms with van der Waals surface area (Å²) in [6.45, 7) is 7.19. The smallest absolute Gasteiger partial charge is 0.276 e. The van der Waals surface area contributed by atoms with Crippen molar-refractivity contribution in [3.63, 3.8) is 0 Å². The summed E-state index contributed by atoms with van der Waals surface area (Å²) in [6.07, 6.45) is 2.30. The maximum absolute atomic E-state index is 12.3. The van der Waals surface area contributed by atoms with Crippen molar-refractivity contribution in [2.24, 2.45) is 5.92 Å². The first kappa shape index (κ1) is 16.0. The predicted octanol–water partition coefficient (Wildman–Crippen LogP) is 1.52. The van der Waals surface area contributed by atoms with Crippen molar-refractivity contribution in [1.82, 2.24) is 5.32 Å². The molecule has 0 radical (unpaired) electrons. The van der Waals surface area contributed by atoms with Gasteiger partial charge in [0.05, 0.1) is 17.5 Å². The predicted molar refractivity (Wildman–Crippen MR) is 84.0 cm³/mol. The average Bonchev–Trinajstić information content (AvgIpc) is 3.08. The minimum absolute atomic E-state index is 0.0220. The van der Waals surface area contributed by atoms with E-state index in [-0.39, 0.29) is 11.8 Å². The molecule has 21 heavy (non-hydrogen) atoms. The molecule has 1 saturated heterocycles. The van der Waals surface area contributed by atoms with Gasteiger partial charge in [-0.2, -0.15) is 5.26 Å². The van der Waals surface area contributed by atoms with Gasteiger partial charge in [0, 0.05) is 12.8 Å². The molecule has 1 aliphatic heterocycles. The van der Waals surface area contributed by atoms with Crippen LogP contribution < -0.4 is 10.2 Å². The largest absolute Gasteiger partial charge is 0.333 e. The van der Waals surface area contributed by atoms with Crippen LogP contribution in [-0.2, 0) is 4.79 Å². The number of amides is 1. The quantitative estimate of drug-likeness (QED) is 0.866. The van der Waals surface area contributed by atoms with E-state index in [9.17, 15) is 10.1 Å². The van der Waals surface area contributed by atoms with Gasteiger partial charge in [-0.3, -0.25) is 4.79 Å². The zero-order chi connectivity index (χ0) is 15.5. The Balaban J connectivity index is 1.98. The zero-order valence-corrected chi connectivity index (χ0v) is 13.8. The Hall–Kier alpha value is -1.38. The van der Waals surface area contributed by atoms with Gasteiger partial charge < -0.3 is 10.2 Å². The lowest BCUT2D eigenvalue weighted by atomic mass is 9.90. The van der Waals surface area contributed by atoms with Crippen molar-refractivity contribution >= 4 is 17.2 Å². The zero-order valence-electron chi connectivity index (χ0n) is 13.0. The number of thiophene rings is 1. The Morgan fingerprint density at radius 1 is 1.67 bits per heavy atom. The minimum atomic E-state index is -0.783. The first-order chi connectivity index (χ1) is 9.96. The number of hydrogen-bond donors (Lipinski definition) is 2. The summed E-state index contributed by atoms with van der Waals surface area (Å²) in [5, 5.41) is 14.3. The molecule has 4 nitrogen and oxygen atoms in total. The van der Waals surface area contributed by atoms with Crippen molar-refractivity contribution in [3.8, 4) is 6.07 Å². The molecule has 1 aromatic rings. The lowest BCUT2D eigenvalue weighted by Gasteiger charge is -2.28. The van der Waals surface area contributed by atoms with Crippen LogP contribution in [0.15, 0.2) is 17.5 Å². The molecule has 0 aliphatic carbocycles. The lowest BCUT2D eigenvalue weighted by Crippen LogP contribution is -3.11. The van der Waals surface area contributed by atoms with E-state index < -0.39 is 5.54 Å². The van der Waals surface area contributed by atoms with Gasteiger partial charge in [0.25, 0.3) is 5.91 Å². The SMILES string of the molecule is CC(C)[C@@](C)(C#N)NC(=O)C[NH+]1CCC[C@@H]1c1cccs1. The molecule has 2 N–H and O–H groups in total. The van der Waals surface area contributed by atoms with Crippen molar-refractivity contribution in [1.29, 1.82) is 5.26 Å². The summed E-state index contributed by atoms with van der Waals surface area (Å²) in [5.41, 5.74) is -0.783. The van der Waals surface area contributed by atoms with Gasteiger partial charge in [-0.25, -0.2) is 0 Å². The maximum atomic E-state index is 12.3. The molecule has 1 fully saturated rings. The topological polar surface area (TPSA) is 57.3 Å². The van der Waals surface area contributed by atoms with Crippen LogP contribution >= 0.6 is 11.3 Å². The van der Waals surface area contributed by atoms with E-state index in [1.807, 2.05) is 13.8 Å². The van der Waals surface area contributed by atoms with Crippen molar-refractivity contribution in [2.45, 2.75) is 45.2 Å². The third kappa shape index (κ3) is 3.63. The van der Waals surface area contributed by atoms with E-state index in [4.69, 9.17) is 0 Å². The molecular weight excluding hydrogens is 282 g/mol. The van der Waals surface area contributed by atoms with Gasteiger partial charge in [-0.05, 0) is 24.3 Å². The van der Waals surface area contributed by atoms with E-state index in [1.165, 1.54) is 9.78 Å². The molecule has 1 aromatic heterocycles. The number of nitrogens with one attached hydrogen (secondary N) is 2. The van der Waals surface area contributed by atoms with E-state index in [1.54, 1.807) is 18.3 Å². The lowest BCUT2D eigenvalue weighted by molar-refractivity contribution is -0.910. The number of carbonyl (C=O) groups is 1. The van der Waals surface area contributed by atoms with E-state index >= 15 is 0 Å². The van der Waals surface area contributed by atoms with Gasteiger partial charge >= 0.3 is 0 Å². The summed E-state index contributed by atoms with van der Waals surface area (Å²) < 4.78 is 0. The summed E-state index contributed by atoms with van der Waals surface area (Å²) >= 11 is 1.77. The molecule has 1 amide bonds. The summed E-state index contributed by atoms with van der Waals surface area (Å²) in [6, 6.07) is 6.90. The second kappa shape index (κ2) is 6.59. The summed E-state index contributed by atoms with van der Waals surface area (Å²) in [7, 11) is 0. The monoisotopic (exact) mass is 306 g/mol. The van der Waals surface area contributed by atoms with Crippen LogP contribution in [0.2, 0.25) is 0 Å². The Bertz CT molecular complexity index is 520. The molecule has 1 unspecified atom stereocenters. The van der Waals surface area contributed by atoms with Crippen LogP contribution in [0.5, 0.6) is 0 Å². The Morgan fingerprint density at radius 2 is 2.43 bits per heavy atom. The standard InChI is InChI=1S/C16H23N3OS/c1-12(2)16(3,11-17)18-15(20)10-19-8-4-6-13(19)14-7-5-9-21-14/h5,7,9,12-13H,4,6,8,10H2,1-3H3,(H,18,20)/p+1/t13-,16-/m1/s1. The molecule has 0 saturated carbocycles. The number of rotatable bonds is 5. The number of nitriles is 1. The average molecular weight is 306 g/mol. The van der Waals surface area contributed by atoms with Crippen LogP contribution in [0.4, 0.5) is 0 Å². The third-order valence-electron chi connectivity index (χ3n) is 4.54. The van der Waals surface area contributed by atoms with Crippen LogP contribution in [0.25, 0.3) is 0 Å². The molecule has 114 valence electrons. The summed E-state index contributed by atoms with van der Waals surface area (Å²) in [4.78, 5) is 15.0. The van der Waals surface area contributed by atoms with Crippen LogP contribution in [0.3, 0.4) is 0 Å². The highest BCUT2D eigenvalue weighted by Gasteiger charge is 2.35. The molecule has 2 heterocycles. The van der Waals surface area contributed by atoms with E-state index in [0.717, 1.165) is 19.4 Å². The molecule has 2 rings (SSSR count). The third-order valence-corrected chi connectivity index (χ3v) is 5.53. The highest BCUT2D eigenvalue weighted by atomic mass is 32.1. The molecule has 0 bridgehead atoms. The number of likely N-dealkylation sites (tertiary alicyclic amines) is 1. The van der Waals surface area contributed by atoms with Gasteiger partial charge in [0.1, 0.15) is 11.6 Å². The molecule has 3 atom stereocenters. The van der Waals surface area contributed by atoms with Crippen molar-refractivity contribution < 1.29 is 9.69 Å². The molecule has 0 aromatic carbocycles. The number of quaternary nitrogens is 1. The second-order valence-corrected chi connectivity index (χ2v) is 7.29. The first-order valence-electron chi connectivity index (χ1n) is 7.56. The first-order valence-corrected chi connectivity index (χ1v) is 8.44.